The number of nitrogens with zero attached hydrogens (tertiary/aromatic N) is 2. The quantitative estimate of drug-likeness (QED) is 0.470. The molecule has 10 heteroatoms. The summed E-state index contributed by atoms with van der Waals surface area (Å²) < 4.78 is 4.88. The topological polar surface area (TPSA) is 133 Å². The van der Waals surface area contributed by atoms with Crippen molar-refractivity contribution in [3.8, 4) is 0 Å². The van der Waals surface area contributed by atoms with E-state index in [-0.39, 0.29) is 16.5 Å². The SMILES string of the molecule is NC(=O)C1CCN(C(=O)COC(=O)c2cc(Cl)ccc2[N+](=O)[O-])CC1. The zero-order chi connectivity index (χ0) is 18.6. The number of nitro benzene ring substituents is 1. The molecule has 1 aliphatic rings. The number of nitro groups is 1. The second-order valence-corrected chi connectivity index (χ2v) is 5.99. The third-order valence-corrected chi connectivity index (χ3v) is 4.19. The molecule has 2 amide bonds. The molecular formula is C15H16ClN3O6. The van der Waals surface area contributed by atoms with Gasteiger partial charge in [0.2, 0.25) is 5.91 Å². The smallest absolute Gasteiger partial charge is 0.345 e. The molecule has 2 rings (SSSR count). The molecule has 0 atom stereocenters. The molecule has 0 bridgehead atoms. The van der Waals surface area contributed by atoms with Gasteiger partial charge in [0.15, 0.2) is 6.61 Å². The molecule has 1 aromatic rings. The Morgan fingerprint density at radius 1 is 1.32 bits per heavy atom. The Labute approximate surface area is 147 Å². The zero-order valence-electron chi connectivity index (χ0n) is 13.1. The number of hydrogen-bond donors (Lipinski definition) is 1. The maximum atomic E-state index is 12.1. The molecule has 1 aliphatic heterocycles. The predicted molar refractivity (Wildman–Crippen MR) is 86.9 cm³/mol. The van der Waals surface area contributed by atoms with Gasteiger partial charge in [-0.1, -0.05) is 11.6 Å². The predicted octanol–water partition coefficient (Wildman–Crippen LogP) is 1.13. The molecule has 0 spiro atoms. The van der Waals surface area contributed by atoms with Gasteiger partial charge in [0, 0.05) is 30.1 Å². The Hall–Kier alpha value is -2.68. The lowest BCUT2D eigenvalue weighted by Crippen LogP contribution is -2.43. The summed E-state index contributed by atoms with van der Waals surface area (Å²) in [6, 6.07) is 3.49. The minimum Gasteiger partial charge on any atom is -0.452 e. The molecule has 1 saturated heterocycles. The van der Waals surface area contributed by atoms with E-state index in [1.54, 1.807) is 0 Å². The minimum atomic E-state index is -1.01. The van der Waals surface area contributed by atoms with Gasteiger partial charge in [0.25, 0.3) is 11.6 Å². The fourth-order valence-electron chi connectivity index (χ4n) is 2.54. The van der Waals surface area contributed by atoms with Gasteiger partial charge in [0.1, 0.15) is 5.56 Å². The van der Waals surface area contributed by atoms with Crippen molar-refractivity contribution in [2.75, 3.05) is 19.7 Å². The van der Waals surface area contributed by atoms with Crippen LogP contribution < -0.4 is 5.73 Å². The molecular weight excluding hydrogens is 354 g/mol. The largest absolute Gasteiger partial charge is 0.452 e. The highest BCUT2D eigenvalue weighted by molar-refractivity contribution is 6.31. The number of hydrogen-bond acceptors (Lipinski definition) is 6. The lowest BCUT2D eigenvalue weighted by atomic mass is 9.96. The lowest BCUT2D eigenvalue weighted by molar-refractivity contribution is -0.385. The van der Waals surface area contributed by atoms with Crippen LogP contribution in [0.25, 0.3) is 0 Å². The molecule has 0 unspecified atom stereocenters. The Balaban J connectivity index is 1.94. The van der Waals surface area contributed by atoms with Crippen molar-refractivity contribution in [3.05, 3.63) is 38.9 Å². The second kappa shape index (κ2) is 7.93. The summed E-state index contributed by atoms with van der Waals surface area (Å²) in [5, 5.41) is 11.1. The van der Waals surface area contributed by atoms with Crippen LogP contribution in [0.5, 0.6) is 0 Å². The molecule has 134 valence electrons. The van der Waals surface area contributed by atoms with Gasteiger partial charge in [-0.15, -0.1) is 0 Å². The van der Waals surface area contributed by atoms with Gasteiger partial charge in [-0.05, 0) is 25.0 Å². The fourth-order valence-corrected chi connectivity index (χ4v) is 2.71. The third-order valence-electron chi connectivity index (χ3n) is 3.95. The average molecular weight is 370 g/mol. The fraction of sp³-hybridized carbons (Fsp3) is 0.400. The van der Waals surface area contributed by atoms with Crippen LogP contribution in [-0.4, -0.2) is 47.3 Å². The number of benzene rings is 1. The molecule has 0 aliphatic carbocycles. The average Bonchev–Trinajstić information content (AvgIpc) is 2.59. The number of primary amides is 1. The number of nitrogens with two attached hydrogens (primary N) is 1. The molecule has 25 heavy (non-hydrogen) atoms. The highest BCUT2D eigenvalue weighted by Crippen LogP contribution is 2.23. The monoisotopic (exact) mass is 369 g/mol. The Bertz CT molecular complexity index is 715. The maximum Gasteiger partial charge on any atom is 0.345 e. The van der Waals surface area contributed by atoms with Gasteiger partial charge >= 0.3 is 5.97 Å². The van der Waals surface area contributed by atoms with Crippen molar-refractivity contribution in [2.45, 2.75) is 12.8 Å². The van der Waals surface area contributed by atoms with Crippen LogP contribution in [0.4, 0.5) is 5.69 Å². The molecule has 1 aromatic carbocycles. The molecule has 0 radical (unpaired) electrons. The molecule has 9 nitrogen and oxygen atoms in total. The van der Waals surface area contributed by atoms with E-state index < -0.39 is 35.0 Å². The van der Waals surface area contributed by atoms with Crippen molar-refractivity contribution < 1.29 is 24.0 Å². The van der Waals surface area contributed by atoms with Gasteiger partial charge in [-0.2, -0.15) is 0 Å². The Morgan fingerprint density at radius 2 is 1.96 bits per heavy atom. The van der Waals surface area contributed by atoms with E-state index in [2.05, 4.69) is 0 Å². The maximum absolute atomic E-state index is 12.1. The van der Waals surface area contributed by atoms with Crippen molar-refractivity contribution in [1.29, 1.82) is 0 Å². The highest BCUT2D eigenvalue weighted by Gasteiger charge is 2.27. The summed E-state index contributed by atoms with van der Waals surface area (Å²) in [5.41, 5.74) is 4.45. The van der Waals surface area contributed by atoms with E-state index in [9.17, 15) is 24.5 Å². The van der Waals surface area contributed by atoms with Crippen LogP contribution in [0.1, 0.15) is 23.2 Å². The Morgan fingerprint density at radius 3 is 2.52 bits per heavy atom. The van der Waals surface area contributed by atoms with Crippen molar-refractivity contribution in [2.24, 2.45) is 11.7 Å². The lowest BCUT2D eigenvalue weighted by Gasteiger charge is -2.30. The first-order chi connectivity index (χ1) is 11.8. The van der Waals surface area contributed by atoms with Crippen molar-refractivity contribution >= 4 is 35.1 Å². The van der Waals surface area contributed by atoms with E-state index in [1.165, 1.54) is 11.0 Å². The number of likely N-dealkylation sites (tertiary alicyclic amines) is 1. The first-order valence-electron chi connectivity index (χ1n) is 7.47. The van der Waals surface area contributed by atoms with Crippen molar-refractivity contribution in [1.82, 2.24) is 4.90 Å². The summed E-state index contributed by atoms with van der Waals surface area (Å²) in [4.78, 5) is 46.9. The first kappa shape index (κ1) is 18.7. The van der Waals surface area contributed by atoms with Crippen molar-refractivity contribution in [3.63, 3.8) is 0 Å². The van der Waals surface area contributed by atoms with Crippen LogP contribution in [0.2, 0.25) is 5.02 Å². The van der Waals surface area contributed by atoms with E-state index in [0.29, 0.717) is 25.9 Å². The molecule has 1 fully saturated rings. The number of esters is 1. The number of carbonyl (C=O) groups is 3. The van der Waals surface area contributed by atoms with Crippen LogP contribution in [0.3, 0.4) is 0 Å². The third kappa shape index (κ3) is 4.66. The number of amides is 2. The van der Waals surface area contributed by atoms with Gasteiger partial charge in [-0.25, -0.2) is 4.79 Å². The number of carbonyl (C=O) groups excluding carboxylic acids is 3. The van der Waals surface area contributed by atoms with E-state index in [4.69, 9.17) is 22.1 Å². The van der Waals surface area contributed by atoms with Crippen LogP contribution in [-0.2, 0) is 14.3 Å². The molecule has 0 saturated carbocycles. The summed E-state index contributed by atoms with van der Waals surface area (Å²) >= 11 is 5.75. The molecule has 1 heterocycles. The molecule has 2 N–H and O–H groups in total. The standard InChI is InChI=1S/C15H16ClN3O6/c16-10-1-2-12(19(23)24)11(7-10)15(22)25-8-13(20)18-5-3-9(4-6-18)14(17)21/h1-2,7,9H,3-6,8H2,(H2,17,21). The van der Waals surface area contributed by atoms with Gasteiger partial charge < -0.3 is 15.4 Å². The van der Waals surface area contributed by atoms with Crippen LogP contribution in [0, 0.1) is 16.0 Å². The van der Waals surface area contributed by atoms with E-state index >= 15 is 0 Å². The summed E-state index contributed by atoms with van der Waals surface area (Å²) in [5.74, 6) is -2.11. The summed E-state index contributed by atoms with van der Waals surface area (Å²) in [6.45, 7) is 0.117. The number of ether oxygens (including phenoxy) is 1. The van der Waals surface area contributed by atoms with Gasteiger partial charge in [0.05, 0.1) is 4.92 Å². The highest BCUT2D eigenvalue weighted by atomic mass is 35.5. The minimum absolute atomic E-state index is 0.136. The van der Waals surface area contributed by atoms with E-state index in [0.717, 1.165) is 12.1 Å². The summed E-state index contributed by atoms with van der Waals surface area (Å²) in [7, 11) is 0. The summed E-state index contributed by atoms with van der Waals surface area (Å²) in [6.07, 6.45) is 0.906. The van der Waals surface area contributed by atoms with Gasteiger partial charge in [-0.3, -0.25) is 19.7 Å². The van der Waals surface area contributed by atoms with E-state index in [1.807, 2.05) is 0 Å². The van der Waals surface area contributed by atoms with Crippen LogP contribution in [0.15, 0.2) is 18.2 Å². The second-order valence-electron chi connectivity index (χ2n) is 5.55. The Kier molecular flexibility index (Phi) is 5.92. The molecule has 0 aromatic heterocycles. The number of rotatable bonds is 5. The van der Waals surface area contributed by atoms with Crippen LogP contribution >= 0.6 is 11.6 Å². The zero-order valence-corrected chi connectivity index (χ0v) is 13.9. The normalized spacial score (nSPS) is 14.8. The number of piperidine rings is 1. The number of halogens is 1. The first-order valence-corrected chi connectivity index (χ1v) is 7.85.